The zero-order chi connectivity index (χ0) is 17.6. The Labute approximate surface area is 152 Å². The summed E-state index contributed by atoms with van der Waals surface area (Å²) in [5.74, 6) is 1.17. The monoisotopic (exact) mass is 403 g/mol. The molecule has 2 aromatic carbocycles. The average molecular weight is 404 g/mol. The van der Waals surface area contributed by atoms with Crippen molar-refractivity contribution in [2.24, 2.45) is 0 Å². The third-order valence-electron chi connectivity index (χ3n) is 3.29. The van der Waals surface area contributed by atoms with E-state index in [0.717, 1.165) is 10.0 Å². The standard InChI is InChI=1S/C17H14BrN3O4/c1-23-13-6-2-11(3-7-13)16-17(21-25-20-16)19-15(22)10-24-14-8-4-12(18)5-9-14/h2-9H,10H2,1H3,(H,19,21,22). The van der Waals surface area contributed by atoms with Crippen LogP contribution in [-0.4, -0.2) is 29.9 Å². The van der Waals surface area contributed by atoms with Crippen molar-refractivity contribution < 1.29 is 18.9 Å². The van der Waals surface area contributed by atoms with E-state index in [-0.39, 0.29) is 18.3 Å². The minimum Gasteiger partial charge on any atom is -0.497 e. The maximum atomic E-state index is 12.1. The van der Waals surface area contributed by atoms with Crippen molar-refractivity contribution in [1.29, 1.82) is 0 Å². The number of carbonyl (C=O) groups excluding carboxylic acids is 1. The largest absolute Gasteiger partial charge is 0.497 e. The summed E-state index contributed by atoms with van der Waals surface area (Å²) < 4.78 is 16.2. The highest BCUT2D eigenvalue weighted by atomic mass is 79.9. The summed E-state index contributed by atoms with van der Waals surface area (Å²) in [6.45, 7) is -0.156. The number of amides is 1. The molecule has 1 heterocycles. The number of nitrogens with zero attached hydrogens (tertiary/aromatic N) is 2. The minimum absolute atomic E-state index is 0.156. The Morgan fingerprint density at radius 3 is 2.44 bits per heavy atom. The van der Waals surface area contributed by atoms with E-state index in [9.17, 15) is 4.79 Å². The van der Waals surface area contributed by atoms with Crippen molar-refractivity contribution in [3.8, 4) is 22.8 Å². The summed E-state index contributed by atoms with van der Waals surface area (Å²) in [7, 11) is 1.59. The molecule has 0 aliphatic carbocycles. The molecule has 0 bridgehead atoms. The number of halogens is 1. The third kappa shape index (κ3) is 4.36. The SMILES string of the molecule is COc1ccc(-c2nonc2NC(=O)COc2ccc(Br)cc2)cc1. The van der Waals surface area contributed by atoms with Crippen LogP contribution < -0.4 is 14.8 Å². The minimum atomic E-state index is -0.367. The number of ether oxygens (including phenoxy) is 2. The lowest BCUT2D eigenvalue weighted by molar-refractivity contribution is -0.118. The van der Waals surface area contributed by atoms with Gasteiger partial charge in [-0.05, 0) is 58.8 Å². The van der Waals surface area contributed by atoms with Gasteiger partial charge in [0.05, 0.1) is 7.11 Å². The first-order valence-corrected chi connectivity index (χ1v) is 8.10. The van der Waals surface area contributed by atoms with Crippen LogP contribution in [0.3, 0.4) is 0 Å². The van der Waals surface area contributed by atoms with Crippen molar-refractivity contribution in [3.63, 3.8) is 0 Å². The Hall–Kier alpha value is -2.87. The van der Waals surface area contributed by atoms with Crippen molar-refractivity contribution in [1.82, 2.24) is 10.3 Å². The van der Waals surface area contributed by atoms with Gasteiger partial charge in [0.1, 0.15) is 11.5 Å². The number of hydrogen-bond acceptors (Lipinski definition) is 6. The fourth-order valence-electron chi connectivity index (χ4n) is 2.06. The number of anilines is 1. The third-order valence-corrected chi connectivity index (χ3v) is 3.82. The van der Waals surface area contributed by atoms with Crippen LogP contribution in [-0.2, 0) is 4.79 Å². The number of carbonyl (C=O) groups is 1. The van der Waals surface area contributed by atoms with Crippen molar-refractivity contribution in [3.05, 3.63) is 53.0 Å². The predicted molar refractivity (Wildman–Crippen MR) is 94.6 cm³/mol. The quantitative estimate of drug-likeness (QED) is 0.677. The summed E-state index contributed by atoms with van der Waals surface area (Å²) in [6, 6.07) is 14.3. The van der Waals surface area contributed by atoms with Gasteiger partial charge in [0.25, 0.3) is 5.91 Å². The van der Waals surface area contributed by atoms with Crippen LogP contribution in [0.25, 0.3) is 11.3 Å². The molecule has 0 spiro atoms. The van der Waals surface area contributed by atoms with Gasteiger partial charge < -0.3 is 14.8 Å². The second kappa shape index (κ2) is 7.80. The highest BCUT2D eigenvalue weighted by Crippen LogP contribution is 2.26. The smallest absolute Gasteiger partial charge is 0.263 e. The highest BCUT2D eigenvalue weighted by molar-refractivity contribution is 9.10. The molecule has 8 heteroatoms. The molecule has 0 radical (unpaired) electrons. The second-order valence-electron chi connectivity index (χ2n) is 4.98. The Bertz CT molecular complexity index is 847. The van der Waals surface area contributed by atoms with E-state index in [4.69, 9.17) is 14.1 Å². The summed E-state index contributed by atoms with van der Waals surface area (Å²) in [4.78, 5) is 12.1. The number of hydrogen-bond donors (Lipinski definition) is 1. The zero-order valence-electron chi connectivity index (χ0n) is 13.2. The van der Waals surface area contributed by atoms with Gasteiger partial charge in [-0.15, -0.1) is 0 Å². The Morgan fingerprint density at radius 2 is 1.76 bits per heavy atom. The average Bonchev–Trinajstić information content (AvgIpc) is 3.09. The molecule has 1 amide bonds. The van der Waals surface area contributed by atoms with Gasteiger partial charge >= 0.3 is 0 Å². The van der Waals surface area contributed by atoms with E-state index in [2.05, 4.69) is 31.6 Å². The molecule has 128 valence electrons. The number of nitrogens with one attached hydrogen (secondary N) is 1. The van der Waals surface area contributed by atoms with E-state index in [1.54, 1.807) is 43.5 Å². The first kappa shape index (κ1) is 17.0. The second-order valence-corrected chi connectivity index (χ2v) is 5.90. The lowest BCUT2D eigenvalue weighted by Gasteiger charge is -2.06. The fourth-order valence-corrected chi connectivity index (χ4v) is 2.32. The van der Waals surface area contributed by atoms with E-state index < -0.39 is 0 Å². The van der Waals surface area contributed by atoms with Crippen molar-refractivity contribution in [2.75, 3.05) is 19.0 Å². The fraction of sp³-hybridized carbons (Fsp3) is 0.118. The molecular weight excluding hydrogens is 390 g/mol. The van der Waals surface area contributed by atoms with E-state index >= 15 is 0 Å². The normalized spacial score (nSPS) is 10.3. The van der Waals surface area contributed by atoms with Crippen LogP contribution in [0.4, 0.5) is 5.82 Å². The molecule has 0 fully saturated rings. The molecule has 0 saturated carbocycles. The molecule has 0 saturated heterocycles. The zero-order valence-corrected chi connectivity index (χ0v) is 14.8. The number of rotatable bonds is 6. The van der Waals surface area contributed by atoms with Gasteiger partial charge in [-0.1, -0.05) is 15.9 Å². The Morgan fingerprint density at radius 1 is 1.08 bits per heavy atom. The summed E-state index contributed by atoms with van der Waals surface area (Å²) in [5, 5.41) is 10.2. The maximum absolute atomic E-state index is 12.1. The first-order valence-electron chi connectivity index (χ1n) is 7.31. The number of aromatic nitrogens is 2. The molecule has 7 nitrogen and oxygen atoms in total. The molecule has 0 atom stereocenters. The highest BCUT2D eigenvalue weighted by Gasteiger charge is 2.15. The molecule has 0 aliphatic rings. The van der Waals surface area contributed by atoms with Gasteiger partial charge in [0, 0.05) is 10.0 Å². The van der Waals surface area contributed by atoms with Gasteiger partial charge in [-0.25, -0.2) is 4.63 Å². The maximum Gasteiger partial charge on any atom is 0.263 e. The molecule has 3 rings (SSSR count). The van der Waals surface area contributed by atoms with Crippen molar-refractivity contribution >= 4 is 27.7 Å². The summed E-state index contributed by atoms with van der Waals surface area (Å²) in [5.41, 5.74) is 1.17. The van der Waals surface area contributed by atoms with Crippen LogP contribution in [0.1, 0.15) is 0 Å². The van der Waals surface area contributed by atoms with Gasteiger partial charge in [-0.3, -0.25) is 4.79 Å². The molecule has 0 unspecified atom stereocenters. The van der Waals surface area contributed by atoms with E-state index in [1.165, 1.54) is 0 Å². The van der Waals surface area contributed by atoms with E-state index in [0.29, 0.717) is 17.2 Å². The van der Waals surface area contributed by atoms with E-state index in [1.807, 2.05) is 12.1 Å². The molecule has 25 heavy (non-hydrogen) atoms. The summed E-state index contributed by atoms with van der Waals surface area (Å²) in [6.07, 6.45) is 0. The number of methoxy groups -OCH3 is 1. The van der Waals surface area contributed by atoms with Crippen LogP contribution in [0.5, 0.6) is 11.5 Å². The molecule has 3 aromatic rings. The number of benzene rings is 2. The van der Waals surface area contributed by atoms with Gasteiger partial charge in [0.15, 0.2) is 12.3 Å². The van der Waals surface area contributed by atoms with Crippen molar-refractivity contribution in [2.45, 2.75) is 0 Å². The van der Waals surface area contributed by atoms with Crippen LogP contribution >= 0.6 is 15.9 Å². The van der Waals surface area contributed by atoms with Crippen LogP contribution in [0.2, 0.25) is 0 Å². The van der Waals surface area contributed by atoms with Crippen LogP contribution in [0.15, 0.2) is 57.6 Å². The molecular formula is C17H14BrN3O4. The Balaban J connectivity index is 1.63. The van der Waals surface area contributed by atoms with Gasteiger partial charge in [0.2, 0.25) is 5.82 Å². The van der Waals surface area contributed by atoms with Gasteiger partial charge in [-0.2, -0.15) is 0 Å². The molecule has 0 aliphatic heterocycles. The topological polar surface area (TPSA) is 86.5 Å². The summed E-state index contributed by atoms with van der Waals surface area (Å²) >= 11 is 3.34. The lowest BCUT2D eigenvalue weighted by Crippen LogP contribution is -2.20. The predicted octanol–water partition coefficient (Wildman–Crippen LogP) is 3.53. The molecule has 1 aromatic heterocycles. The molecule has 1 N–H and O–H groups in total. The van der Waals surface area contributed by atoms with Crippen LogP contribution in [0, 0.1) is 0 Å². The first-order chi connectivity index (χ1) is 12.2. The Kier molecular flexibility index (Phi) is 5.30. The lowest BCUT2D eigenvalue weighted by atomic mass is 10.1.